The summed E-state index contributed by atoms with van der Waals surface area (Å²) in [7, 11) is -0.498. The molecule has 0 atom stereocenters. The molecule has 0 spiro atoms. The van der Waals surface area contributed by atoms with Gasteiger partial charge < -0.3 is 19.0 Å². The molecule has 0 saturated heterocycles. The van der Waals surface area contributed by atoms with Crippen LogP contribution in [0.5, 0.6) is 11.6 Å². The predicted molar refractivity (Wildman–Crippen MR) is 196 cm³/mol. The number of methoxy groups -OCH3 is 1. The fraction of sp³-hybridized carbons (Fsp3) is 0.405. The summed E-state index contributed by atoms with van der Waals surface area (Å²) in [6, 6.07) is 12.0. The highest BCUT2D eigenvalue weighted by Gasteiger charge is 2.37. The lowest BCUT2D eigenvalue weighted by Crippen LogP contribution is -2.43. The van der Waals surface area contributed by atoms with Crippen molar-refractivity contribution < 1.29 is 32.6 Å². The number of ketones is 1. The van der Waals surface area contributed by atoms with Crippen LogP contribution in [0.3, 0.4) is 0 Å². The van der Waals surface area contributed by atoms with E-state index >= 15 is 0 Å². The second-order valence-electron chi connectivity index (χ2n) is 13.9. The monoisotopic (exact) mass is 758 g/mol. The van der Waals surface area contributed by atoms with Gasteiger partial charge in [-0.1, -0.05) is 80.4 Å². The Morgan fingerprint density at radius 2 is 1.75 bits per heavy atom. The second kappa shape index (κ2) is 16.0. The van der Waals surface area contributed by atoms with E-state index in [1.807, 2.05) is 0 Å². The topological polar surface area (TPSA) is 107 Å². The molecular formula is C37H42Cl2F2N4O5Si. The van der Waals surface area contributed by atoms with Crippen molar-refractivity contribution in [1.29, 1.82) is 0 Å². The van der Waals surface area contributed by atoms with Crippen LogP contribution in [0.4, 0.5) is 8.78 Å². The molecule has 1 N–H and O–H groups in total. The molecule has 14 heteroatoms. The molecule has 5 rings (SSSR count). The van der Waals surface area contributed by atoms with Crippen molar-refractivity contribution in [1.82, 2.24) is 19.9 Å². The summed E-state index contributed by atoms with van der Waals surface area (Å²) in [6.07, 6.45) is 1.81. The Balaban J connectivity index is 1.39. The Morgan fingerprint density at radius 1 is 1.06 bits per heavy atom. The minimum absolute atomic E-state index is 0.0177. The zero-order valence-electron chi connectivity index (χ0n) is 29.5. The molecule has 0 unspecified atom stereocenters. The maximum absolute atomic E-state index is 13.8. The normalized spacial score (nSPS) is 13.7. The standard InChI is InChI=1S/C37H42Cl2F2N4O5Si/c1-37(2,3)51(5,6)49-16-15-45-14-13-25-29(20-45)43-27(18-32(25)50-36(40)41)31(47)17-22-9-7-10-23(33(22)38)24-11-8-12-26(34(24)39)28-19-42-30(21-46)35(44-28)48-4/h7-12,18-19,36,46H,13-17,20-21H2,1-6H3. The van der Waals surface area contributed by atoms with Crippen molar-refractivity contribution in [3.63, 3.8) is 0 Å². The van der Waals surface area contributed by atoms with E-state index in [-0.39, 0.29) is 35.4 Å². The van der Waals surface area contributed by atoms with Gasteiger partial charge in [0.15, 0.2) is 14.1 Å². The molecule has 9 nitrogen and oxygen atoms in total. The van der Waals surface area contributed by atoms with Crippen LogP contribution in [-0.4, -0.2) is 72.5 Å². The number of Topliss-reactive ketones (excluding diaryl/α,β-unsaturated/α-hetero) is 1. The summed E-state index contributed by atoms with van der Waals surface area (Å²) < 4.78 is 43.6. The molecule has 0 aliphatic carbocycles. The lowest BCUT2D eigenvalue weighted by Gasteiger charge is -2.37. The zero-order valence-corrected chi connectivity index (χ0v) is 32.0. The minimum atomic E-state index is -3.05. The van der Waals surface area contributed by atoms with E-state index in [2.05, 4.69) is 53.7 Å². The molecule has 3 heterocycles. The van der Waals surface area contributed by atoms with Gasteiger partial charge in [-0.15, -0.1) is 0 Å². The lowest BCUT2D eigenvalue weighted by molar-refractivity contribution is -0.0508. The fourth-order valence-electron chi connectivity index (χ4n) is 5.66. The highest BCUT2D eigenvalue weighted by molar-refractivity contribution is 6.74. The number of fused-ring (bicyclic) bond motifs is 1. The Labute approximate surface area is 308 Å². The van der Waals surface area contributed by atoms with Gasteiger partial charge in [-0.3, -0.25) is 14.7 Å². The van der Waals surface area contributed by atoms with Gasteiger partial charge in [-0.2, -0.15) is 8.78 Å². The number of aliphatic hydroxyl groups is 1. The molecule has 51 heavy (non-hydrogen) atoms. The van der Waals surface area contributed by atoms with Crippen LogP contribution in [0.2, 0.25) is 28.2 Å². The zero-order chi connectivity index (χ0) is 37.1. The number of ether oxygens (including phenoxy) is 2. The highest BCUT2D eigenvalue weighted by Crippen LogP contribution is 2.41. The van der Waals surface area contributed by atoms with Crippen molar-refractivity contribution in [3.8, 4) is 34.0 Å². The van der Waals surface area contributed by atoms with Crippen LogP contribution in [-0.2, 0) is 30.4 Å². The number of nitrogens with zero attached hydrogens (tertiary/aromatic N) is 4. The van der Waals surface area contributed by atoms with Crippen LogP contribution in [0.15, 0.2) is 48.7 Å². The highest BCUT2D eigenvalue weighted by atomic mass is 35.5. The average Bonchev–Trinajstić information content (AvgIpc) is 3.08. The van der Waals surface area contributed by atoms with Gasteiger partial charge in [0, 0.05) is 61.0 Å². The first kappa shape index (κ1) is 38.7. The number of carbonyl (C=O) groups excluding carboxylic acids is 1. The van der Waals surface area contributed by atoms with E-state index in [1.165, 1.54) is 19.4 Å². The SMILES string of the molecule is COc1nc(-c2cccc(-c3cccc(CC(=O)c4cc(OC(F)F)c5c(n4)CN(CCO[Si](C)(C)C(C)(C)C)CC5)c3Cl)c2Cl)cnc1CO. The molecule has 0 fully saturated rings. The van der Waals surface area contributed by atoms with Crippen molar-refractivity contribution in [2.75, 3.05) is 26.8 Å². The minimum Gasteiger partial charge on any atom is -0.480 e. The summed E-state index contributed by atoms with van der Waals surface area (Å²) in [5, 5.41) is 10.3. The number of halogens is 4. The Kier molecular flexibility index (Phi) is 12.2. The van der Waals surface area contributed by atoms with Gasteiger partial charge >= 0.3 is 6.61 Å². The Bertz CT molecular complexity index is 1910. The predicted octanol–water partition coefficient (Wildman–Crippen LogP) is 8.42. The molecule has 4 aromatic rings. The van der Waals surface area contributed by atoms with Gasteiger partial charge in [0.25, 0.3) is 0 Å². The smallest absolute Gasteiger partial charge is 0.387 e. The fourth-order valence-corrected chi connectivity index (χ4v) is 7.32. The van der Waals surface area contributed by atoms with Crippen LogP contribution >= 0.6 is 23.2 Å². The number of rotatable bonds is 13. The molecule has 0 radical (unpaired) electrons. The molecule has 0 bridgehead atoms. The van der Waals surface area contributed by atoms with Crippen molar-refractivity contribution in [2.45, 2.75) is 71.5 Å². The lowest BCUT2D eigenvalue weighted by atomic mass is 9.97. The van der Waals surface area contributed by atoms with Gasteiger partial charge in [0.05, 0.1) is 41.3 Å². The number of pyridine rings is 1. The Hall–Kier alpha value is -3.52. The van der Waals surface area contributed by atoms with Gasteiger partial charge in [0.1, 0.15) is 17.1 Å². The van der Waals surface area contributed by atoms with E-state index in [0.29, 0.717) is 87.6 Å². The number of alkyl halides is 2. The first-order valence-corrected chi connectivity index (χ1v) is 20.2. The van der Waals surface area contributed by atoms with E-state index < -0.39 is 20.7 Å². The third kappa shape index (κ3) is 8.75. The maximum Gasteiger partial charge on any atom is 0.387 e. The van der Waals surface area contributed by atoms with Crippen LogP contribution < -0.4 is 9.47 Å². The molecule has 0 saturated carbocycles. The van der Waals surface area contributed by atoms with E-state index in [4.69, 9.17) is 37.1 Å². The van der Waals surface area contributed by atoms with Gasteiger partial charge in [-0.05, 0) is 30.1 Å². The maximum atomic E-state index is 13.8. The van der Waals surface area contributed by atoms with Crippen molar-refractivity contribution in [3.05, 3.63) is 86.9 Å². The first-order valence-electron chi connectivity index (χ1n) is 16.6. The second-order valence-corrected chi connectivity index (χ2v) is 19.4. The third-order valence-electron chi connectivity index (χ3n) is 9.55. The van der Waals surface area contributed by atoms with Crippen LogP contribution in [0.1, 0.15) is 53.8 Å². The third-order valence-corrected chi connectivity index (χ3v) is 14.9. The summed E-state index contributed by atoms with van der Waals surface area (Å²) in [5.74, 6) is -0.262. The number of carbonyl (C=O) groups is 1. The number of aliphatic hydroxyl groups excluding tert-OH is 1. The van der Waals surface area contributed by atoms with Crippen molar-refractivity contribution in [2.24, 2.45) is 0 Å². The van der Waals surface area contributed by atoms with Gasteiger partial charge in [0.2, 0.25) is 5.88 Å². The van der Waals surface area contributed by atoms with E-state index in [0.717, 1.165) is 0 Å². The molecule has 1 aliphatic heterocycles. The quantitative estimate of drug-likeness (QED) is 0.106. The summed E-state index contributed by atoms with van der Waals surface area (Å²) in [5.41, 5.74) is 4.10. The summed E-state index contributed by atoms with van der Waals surface area (Å²) in [6.45, 7) is 9.78. The first-order chi connectivity index (χ1) is 24.1. The van der Waals surface area contributed by atoms with Gasteiger partial charge in [-0.25, -0.2) is 9.97 Å². The molecule has 272 valence electrons. The largest absolute Gasteiger partial charge is 0.480 e. The van der Waals surface area contributed by atoms with E-state index in [1.54, 1.807) is 36.4 Å². The number of hydrogen-bond donors (Lipinski definition) is 1. The molecule has 2 aromatic heterocycles. The summed E-state index contributed by atoms with van der Waals surface area (Å²) >= 11 is 13.8. The average molecular weight is 760 g/mol. The molecule has 0 amide bonds. The van der Waals surface area contributed by atoms with Crippen LogP contribution in [0, 0.1) is 0 Å². The van der Waals surface area contributed by atoms with E-state index in [9.17, 15) is 18.7 Å². The summed E-state index contributed by atoms with van der Waals surface area (Å²) in [4.78, 5) is 29.3. The van der Waals surface area contributed by atoms with Crippen LogP contribution in [0.25, 0.3) is 22.4 Å². The number of benzene rings is 2. The Morgan fingerprint density at radius 3 is 2.41 bits per heavy atom. The molecule has 1 aliphatic rings. The number of hydrogen-bond acceptors (Lipinski definition) is 9. The van der Waals surface area contributed by atoms with Crippen molar-refractivity contribution >= 4 is 37.3 Å². The molecular weight excluding hydrogens is 717 g/mol. The number of aromatic nitrogens is 3. The molecule has 2 aromatic carbocycles.